The van der Waals surface area contributed by atoms with E-state index in [1.807, 2.05) is 0 Å². The van der Waals surface area contributed by atoms with Gasteiger partial charge in [0.05, 0.1) is 11.5 Å². The van der Waals surface area contributed by atoms with Gasteiger partial charge >= 0.3 is 5.97 Å². The predicted octanol–water partition coefficient (Wildman–Crippen LogP) is 0.159. The second kappa shape index (κ2) is 3.02. The summed E-state index contributed by atoms with van der Waals surface area (Å²) < 4.78 is 0. The lowest BCUT2D eigenvalue weighted by Crippen LogP contribution is -2.44. The number of nitrogens with zero attached hydrogens (tertiary/aromatic N) is 2. The molecular weight excluding hydrogens is 184 g/mol. The summed E-state index contributed by atoms with van der Waals surface area (Å²) in [6.45, 7) is 0. The summed E-state index contributed by atoms with van der Waals surface area (Å²) in [5.41, 5.74) is -0.442. The lowest BCUT2D eigenvalue weighted by atomic mass is 9.68. The molecule has 1 aromatic heterocycles. The fourth-order valence-electron chi connectivity index (χ4n) is 1.71. The summed E-state index contributed by atoms with van der Waals surface area (Å²) in [5, 5.41) is 18.6. The maximum Gasteiger partial charge on any atom is 0.306 e. The molecule has 1 fully saturated rings. The van der Waals surface area contributed by atoms with Crippen molar-refractivity contribution < 1.29 is 15.0 Å². The molecule has 1 aliphatic carbocycles. The zero-order chi connectivity index (χ0) is 10.2. The van der Waals surface area contributed by atoms with E-state index in [0.29, 0.717) is 5.56 Å². The van der Waals surface area contributed by atoms with Gasteiger partial charge in [-0.05, 0) is 12.8 Å². The van der Waals surface area contributed by atoms with Crippen molar-refractivity contribution >= 4 is 5.97 Å². The van der Waals surface area contributed by atoms with Crippen molar-refractivity contribution in [3.8, 4) is 0 Å². The Balaban J connectivity index is 2.12. The van der Waals surface area contributed by atoms with Crippen LogP contribution < -0.4 is 0 Å². The van der Waals surface area contributed by atoms with Crippen LogP contribution in [0.4, 0.5) is 0 Å². The van der Waals surface area contributed by atoms with Crippen LogP contribution in [0.2, 0.25) is 0 Å². The fraction of sp³-hybridized carbons (Fsp3) is 0.444. The molecule has 0 unspecified atom stereocenters. The number of aliphatic hydroxyl groups is 1. The Labute approximate surface area is 80.4 Å². The lowest BCUT2D eigenvalue weighted by Gasteiger charge is -2.41. The van der Waals surface area contributed by atoms with E-state index in [4.69, 9.17) is 5.11 Å². The van der Waals surface area contributed by atoms with Gasteiger partial charge in [0.15, 0.2) is 0 Å². The summed E-state index contributed by atoms with van der Waals surface area (Å²) >= 11 is 0. The predicted molar refractivity (Wildman–Crippen MR) is 46.3 cm³/mol. The molecule has 2 N–H and O–H groups in total. The molecule has 2 rings (SSSR count). The molecular formula is C9H10N2O3. The molecule has 0 atom stereocenters. The molecule has 0 spiro atoms. The van der Waals surface area contributed by atoms with E-state index in [9.17, 15) is 9.90 Å². The lowest BCUT2D eigenvalue weighted by molar-refractivity contribution is -0.159. The summed E-state index contributed by atoms with van der Waals surface area (Å²) in [6.07, 6.45) is 4.90. The molecule has 1 aliphatic rings. The second-order valence-electron chi connectivity index (χ2n) is 3.60. The van der Waals surface area contributed by atoms with E-state index >= 15 is 0 Å². The number of carboxylic acid groups (broad SMARTS) is 1. The van der Waals surface area contributed by atoms with Crippen molar-refractivity contribution in [3.05, 3.63) is 24.3 Å². The summed E-state index contributed by atoms with van der Waals surface area (Å²) in [5.74, 6) is -1.30. The van der Waals surface area contributed by atoms with Crippen molar-refractivity contribution in [1.29, 1.82) is 0 Å². The van der Waals surface area contributed by atoms with Crippen LogP contribution in [0.25, 0.3) is 0 Å². The van der Waals surface area contributed by atoms with E-state index in [0.717, 1.165) is 0 Å². The summed E-state index contributed by atoms with van der Waals surface area (Å²) in [6, 6.07) is 0. The maximum atomic E-state index is 10.6. The van der Waals surface area contributed by atoms with Crippen LogP contribution in [0.3, 0.4) is 0 Å². The number of aromatic nitrogens is 2. The van der Waals surface area contributed by atoms with Gasteiger partial charge < -0.3 is 10.2 Å². The first-order valence-electron chi connectivity index (χ1n) is 4.32. The van der Waals surface area contributed by atoms with E-state index in [1.54, 1.807) is 0 Å². The molecule has 0 amide bonds. The number of hydrogen-bond donors (Lipinski definition) is 2. The van der Waals surface area contributed by atoms with E-state index in [1.165, 1.54) is 18.7 Å². The average molecular weight is 194 g/mol. The molecule has 0 aromatic carbocycles. The number of rotatable bonds is 2. The minimum absolute atomic E-state index is 0.246. The van der Waals surface area contributed by atoms with E-state index < -0.39 is 17.5 Å². The van der Waals surface area contributed by atoms with Crippen LogP contribution in [-0.2, 0) is 10.4 Å². The van der Waals surface area contributed by atoms with Gasteiger partial charge in [-0.3, -0.25) is 4.79 Å². The highest BCUT2D eigenvalue weighted by atomic mass is 16.4. The topological polar surface area (TPSA) is 83.3 Å². The van der Waals surface area contributed by atoms with Gasteiger partial charge in [0.1, 0.15) is 6.33 Å². The van der Waals surface area contributed by atoms with Gasteiger partial charge in [-0.25, -0.2) is 9.97 Å². The van der Waals surface area contributed by atoms with E-state index in [-0.39, 0.29) is 12.8 Å². The van der Waals surface area contributed by atoms with Crippen LogP contribution in [0.5, 0.6) is 0 Å². The van der Waals surface area contributed by atoms with Gasteiger partial charge in [-0.1, -0.05) is 0 Å². The molecule has 0 radical (unpaired) electrons. The fourth-order valence-corrected chi connectivity index (χ4v) is 1.71. The molecule has 5 heteroatoms. The zero-order valence-electron chi connectivity index (χ0n) is 7.42. The van der Waals surface area contributed by atoms with Crippen LogP contribution in [0.1, 0.15) is 18.4 Å². The zero-order valence-corrected chi connectivity index (χ0v) is 7.42. The molecule has 5 nitrogen and oxygen atoms in total. The highest BCUT2D eigenvalue weighted by Crippen LogP contribution is 2.45. The summed E-state index contributed by atoms with van der Waals surface area (Å²) in [7, 11) is 0. The number of aliphatic carboxylic acids is 1. The SMILES string of the molecule is O=C(O)C1CC(O)(c2cncnc2)C1. The van der Waals surface area contributed by atoms with Crippen molar-refractivity contribution in [2.45, 2.75) is 18.4 Å². The third-order valence-corrected chi connectivity index (χ3v) is 2.62. The quantitative estimate of drug-likeness (QED) is 0.700. The first kappa shape index (κ1) is 9.08. The molecule has 0 aliphatic heterocycles. The van der Waals surface area contributed by atoms with Gasteiger partial charge in [-0.15, -0.1) is 0 Å². The molecule has 14 heavy (non-hydrogen) atoms. The molecule has 0 bridgehead atoms. The van der Waals surface area contributed by atoms with Crippen LogP contribution >= 0.6 is 0 Å². The Morgan fingerprint density at radius 3 is 2.50 bits per heavy atom. The average Bonchev–Trinajstić information content (AvgIpc) is 2.14. The van der Waals surface area contributed by atoms with Gasteiger partial charge in [0.25, 0.3) is 0 Å². The van der Waals surface area contributed by atoms with Gasteiger partial charge in [0.2, 0.25) is 0 Å². The molecule has 1 heterocycles. The Hall–Kier alpha value is -1.49. The Bertz CT molecular complexity index is 346. The standard InChI is InChI=1S/C9H10N2O3/c12-8(13)6-1-9(14,2-6)7-3-10-5-11-4-7/h3-6,14H,1-2H2,(H,12,13). The minimum Gasteiger partial charge on any atom is -0.481 e. The van der Waals surface area contributed by atoms with Crippen molar-refractivity contribution in [2.24, 2.45) is 5.92 Å². The number of carbonyl (C=O) groups is 1. The molecule has 1 aromatic rings. The van der Waals surface area contributed by atoms with Crippen LogP contribution in [0.15, 0.2) is 18.7 Å². The molecule has 1 saturated carbocycles. The minimum atomic E-state index is -1.04. The van der Waals surface area contributed by atoms with E-state index in [2.05, 4.69) is 9.97 Å². The third-order valence-electron chi connectivity index (χ3n) is 2.62. The Morgan fingerprint density at radius 1 is 1.43 bits per heavy atom. The van der Waals surface area contributed by atoms with Crippen LogP contribution in [0, 0.1) is 5.92 Å². The maximum absolute atomic E-state index is 10.6. The molecule has 0 saturated heterocycles. The molecule has 74 valence electrons. The monoisotopic (exact) mass is 194 g/mol. The van der Waals surface area contributed by atoms with Crippen molar-refractivity contribution in [3.63, 3.8) is 0 Å². The normalized spacial score (nSPS) is 30.8. The third kappa shape index (κ3) is 1.35. The first-order chi connectivity index (χ1) is 6.62. The Morgan fingerprint density at radius 2 is 2.00 bits per heavy atom. The number of carboxylic acids is 1. The van der Waals surface area contributed by atoms with Crippen LogP contribution in [-0.4, -0.2) is 26.2 Å². The summed E-state index contributed by atoms with van der Waals surface area (Å²) in [4.78, 5) is 18.1. The highest BCUT2D eigenvalue weighted by molar-refractivity contribution is 5.71. The van der Waals surface area contributed by atoms with Crippen molar-refractivity contribution in [2.75, 3.05) is 0 Å². The van der Waals surface area contributed by atoms with Crippen molar-refractivity contribution in [1.82, 2.24) is 9.97 Å². The smallest absolute Gasteiger partial charge is 0.306 e. The first-order valence-corrected chi connectivity index (χ1v) is 4.32. The second-order valence-corrected chi connectivity index (χ2v) is 3.60. The van der Waals surface area contributed by atoms with Gasteiger partial charge in [0, 0.05) is 18.0 Å². The largest absolute Gasteiger partial charge is 0.481 e. The highest BCUT2D eigenvalue weighted by Gasteiger charge is 2.47. The number of hydrogen-bond acceptors (Lipinski definition) is 4. The Kier molecular flexibility index (Phi) is 1.96. The van der Waals surface area contributed by atoms with Gasteiger partial charge in [-0.2, -0.15) is 0 Å².